The van der Waals surface area contributed by atoms with Crippen LogP contribution in [0.15, 0.2) is 24.3 Å². The van der Waals surface area contributed by atoms with Gasteiger partial charge in [-0.25, -0.2) is 0 Å². The van der Waals surface area contributed by atoms with Gasteiger partial charge in [0.1, 0.15) is 12.4 Å². The van der Waals surface area contributed by atoms with Crippen LogP contribution in [-0.2, 0) is 0 Å². The first-order valence-corrected chi connectivity index (χ1v) is 7.59. The molecule has 2 rings (SSSR count). The van der Waals surface area contributed by atoms with Gasteiger partial charge in [0.25, 0.3) is 5.69 Å². The highest BCUT2D eigenvalue weighted by atomic mass is 32.2. The lowest BCUT2D eigenvalue weighted by molar-refractivity contribution is -0.384. The number of non-ortho nitro benzene ring substituents is 1. The maximum absolute atomic E-state index is 10.5. The van der Waals surface area contributed by atoms with Crippen LogP contribution in [0.4, 0.5) is 5.69 Å². The Kier molecular flexibility index (Phi) is 5.47. The molecule has 0 amide bonds. The number of thioether (sulfide) groups is 1. The van der Waals surface area contributed by atoms with E-state index >= 15 is 0 Å². The Labute approximate surface area is 116 Å². The second kappa shape index (κ2) is 7.35. The summed E-state index contributed by atoms with van der Waals surface area (Å²) in [4.78, 5) is 10.1. The summed E-state index contributed by atoms with van der Waals surface area (Å²) >= 11 is 2.01. The van der Waals surface area contributed by atoms with Crippen LogP contribution in [0.25, 0.3) is 0 Å². The van der Waals surface area contributed by atoms with Crippen LogP contribution in [0, 0.1) is 10.1 Å². The number of ether oxygens (including phenoxy) is 1. The van der Waals surface area contributed by atoms with E-state index in [1.807, 2.05) is 11.8 Å². The highest BCUT2D eigenvalue weighted by Gasteiger charge is 2.12. The first-order valence-electron chi connectivity index (χ1n) is 6.44. The van der Waals surface area contributed by atoms with Gasteiger partial charge in [0, 0.05) is 24.7 Å². The molecule has 0 bridgehead atoms. The molecule has 1 N–H and O–H groups in total. The molecule has 0 aliphatic carbocycles. The van der Waals surface area contributed by atoms with E-state index in [1.54, 1.807) is 12.1 Å². The molecular formula is C13H18N2O3S. The van der Waals surface area contributed by atoms with Gasteiger partial charge < -0.3 is 10.1 Å². The number of nitro benzene ring substituents is 1. The van der Waals surface area contributed by atoms with Crippen molar-refractivity contribution in [2.45, 2.75) is 18.9 Å². The van der Waals surface area contributed by atoms with E-state index in [4.69, 9.17) is 4.74 Å². The van der Waals surface area contributed by atoms with Gasteiger partial charge in [-0.2, -0.15) is 11.8 Å². The molecular weight excluding hydrogens is 264 g/mol. The fourth-order valence-electron chi connectivity index (χ4n) is 2.00. The molecule has 0 atom stereocenters. The number of nitrogens with zero attached hydrogens (tertiary/aromatic N) is 1. The van der Waals surface area contributed by atoms with Crippen molar-refractivity contribution in [1.29, 1.82) is 0 Å². The van der Waals surface area contributed by atoms with E-state index in [0.717, 1.165) is 6.54 Å². The third-order valence-corrected chi connectivity index (χ3v) is 4.12. The number of benzene rings is 1. The van der Waals surface area contributed by atoms with Gasteiger partial charge in [-0.3, -0.25) is 10.1 Å². The number of nitro groups is 1. The van der Waals surface area contributed by atoms with Crippen molar-refractivity contribution in [1.82, 2.24) is 5.32 Å². The second-order valence-electron chi connectivity index (χ2n) is 4.44. The first kappa shape index (κ1) is 14.1. The Morgan fingerprint density at radius 3 is 2.63 bits per heavy atom. The predicted octanol–water partition coefficient (Wildman–Crippen LogP) is 2.46. The summed E-state index contributed by atoms with van der Waals surface area (Å²) in [5.41, 5.74) is 0.0881. The monoisotopic (exact) mass is 282 g/mol. The lowest BCUT2D eigenvalue weighted by atomic mass is 10.1. The number of rotatable bonds is 6. The summed E-state index contributed by atoms with van der Waals surface area (Å²) in [5.74, 6) is 3.15. The molecule has 1 fully saturated rings. The fourth-order valence-corrected chi connectivity index (χ4v) is 3.10. The number of hydrogen-bond donors (Lipinski definition) is 1. The van der Waals surface area contributed by atoms with E-state index in [2.05, 4.69) is 5.32 Å². The highest BCUT2D eigenvalue weighted by Crippen LogP contribution is 2.18. The third-order valence-electron chi connectivity index (χ3n) is 3.07. The minimum Gasteiger partial charge on any atom is -0.492 e. The van der Waals surface area contributed by atoms with E-state index in [-0.39, 0.29) is 5.69 Å². The maximum atomic E-state index is 10.5. The van der Waals surface area contributed by atoms with Gasteiger partial charge in [0.2, 0.25) is 0 Å². The smallest absolute Gasteiger partial charge is 0.269 e. The lowest BCUT2D eigenvalue weighted by Gasteiger charge is -2.22. The molecule has 6 heteroatoms. The Balaban J connectivity index is 1.66. The van der Waals surface area contributed by atoms with Crippen LogP contribution in [0.3, 0.4) is 0 Å². The van der Waals surface area contributed by atoms with Gasteiger partial charge in [-0.15, -0.1) is 0 Å². The maximum Gasteiger partial charge on any atom is 0.269 e. The van der Waals surface area contributed by atoms with Crippen molar-refractivity contribution in [3.05, 3.63) is 34.4 Å². The zero-order chi connectivity index (χ0) is 13.5. The molecule has 5 nitrogen and oxygen atoms in total. The van der Waals surface area contributed by atoms with Gasteiger partial charge in [0.15, 0.2) is 0 Å². The van der Waals surface area contributed by atoms with Gasteiger partial charge in [-0.05, 0) is 36.5 Å². The van der Waals surface area contributed by atoms with Crippen molar-refractivity contribution in [2.75, 3.05) is 24.7 Å². The van der Waals surface area contributed by atoms with E-state index < -0.39 is 4.92 Å². The molecule has 1 heterocycles. The van der Waals surface area contributed by atoms with Crippen LogP contribution < -0.4 is 10.1 Å². The molecule has 0 unspecified atom stereocenters. The van der Waals surface area contributed by atoms with Crippen molar-refractivity contribution < 1.29 is 9.66 Å². The van der Waals surface area contributed by atoms with Gasteiger partial charge in [-0.1, -0.05) is 0 Å². The molecule has 1 aliphatic rings. The Hall–Kier alpha value is -1.27. The van der Waals surface area contributed by atoms with Crippen molar-refractivity contribution >= 4 is 17.4 Å². The molecule has 0 saturated carbocycles. The first-order chi connectivity index (χ1) is 9.25. The second-order valence-corrected chi connectivity index (χ2v) is 5.66. The van der Waals surface area contributed by atoms with E-state index in [0.29, 0.717) is 18.4 Å². The number of hydrogen-bond acceptors (Lipinski definition) is 5. The lowest BCUT2D eigenvalue weighted by Crippen LogP contribution is -2.35. The third kappa shape index (κ3) is 4.72. The van der Waals surface area contributed by atoms with Crippen LogP contribution in [0.2, 0.25) is 0 Å². The minimum atomic E-state index is -0.410. The average molecular weight is 282 g/mol. The van der Waals surface area contributed by atoms with Crippen molar-refractivity contribution in [3.8, 4) is 5.75 Å². The molecule has 0 spiro atoms. The summed E-state index contributed by atoms with van der Waals surface area (Å²) in [6.45, 7) is 1.40. The summed E-state index contributed by atoms with van der Waals surface area (Å²) < 4.78 is 5.54. The van der Waals surface area contributed by atoms with Gasteiger partial charge >= 0.3 is 0 Å². The minimum absolute atomic E-state index is 0.0881. The van der Waals surface area contributed by atoms with Crippen LogP contribution in [-0.4, -0.2) is 35.6 Å². The number of nitrogens with one attached hydrogen (secondary N) is 1. The molecule has 1 aliphatic heterocycles. The largest absolute Gasteiger partial charge is 0.492 e. The van der Waals surface area contributed by atoms with Crippen LogP contribution >= 0.6 is 11.8 Å². The molecule has 1 aromatic carbocycles. The van der Waals surface area contributed by atoms with E-state index in [9.17, 15) is 10.1 Å². The van der Waals surface area contributed by atoms with E-state index in [1.165, 1.54) is 36.5 Å². The quantitative estimate of drug-likeness (QED) is 0.493. The Morgan fingerprint density at radius 1 is 1.32 bits per heavy atom. The molecule has 1 aromatic rings. The molecule has 0 aromatic heterocycles. The SMILES string of the molecule is O=[N+]([O-])c1ccc(OCCNC2CCSCC2)cc1. The topological polar surface area (TPSA) is 64.4 Å². The van der Waals surface area contributed by atoms with Crippen molar-refractivity contribution in [3.63, 3.8) is 0 Å². The fraction of sp³-hybridized carbons (Fsp3) is 0.538. The molecule has 104 valence electrons. The summed E-state index contributed by atoms with van der Waals surface area (Å²) in [7, 11) is 0. The Morgan fingerprint density at radius 2 is 2.00 bits per heavy atom. The standard InChI is InChI=1S/C13H18N2O3S/c16-15(17)12-1-3-13(4-2-12)18-8-7-14-11-5-9-19-10-6-11/h1-4,11,14H,5-10H2. The normalized spacial score (nSPS) is 16.2. The Bertz CT molecular complexity index is 405. The highest BCUT2D eigenvalue weighted by molar-refractivity contribution is 7.99. The zero-order valence-electron chi connectivity index (χ0n) is 10.7. The molecule has 1 saturated heterocycles. The molecule has 0 radical (unpaired) electrons. The summed E-state index contributed by atoms with van der Waals surface area (Å²) in [6.07, 6.45) is 2.45. The molecule has 19 heavy (non-hydrogen) atoms. The summed E-state index contributed by atoms with van der Waals surface area (Å²) in [5, 5.41) is 14.0. The zero-order valence-corrected chi connectivity index (χ0v) is 11.5. The predicted molar refractivity (Wildman–Crippen MR) is 76.9 cm³/mol. The van der Waals surface area contributed by atoms with Crippen molar-refractivity contribution in [2.24, 2.45) is 0 Å². The van der Waals surface area contributed by atoms with Gasteiger partial charge in [0.05, 0.1) is 4.92 Å². The summed E-state index contributed by atoms with van der Waals surface area (Å²) in [6, 6.07) is 6.80. The van der Waals surface area contributed by atoms with Crippen LogP contribution in [0.5, 0.6) is 5.75 Å². The van der Waals surface area contributed by atoms with Crippen LogP contribution in [0.1, 0.15) is 12.8 Å². The average Bonchev–Trinajstić information content (AvgIpc) is 2.45.